The molecule has 1 aliphatic carbocycles. The van der Waals surface area contributed by atoms with Crippen LogP contribution in [-0.2, 0) is 17.8 Å². The fourth-order valence-corrected chi connectivity index (χ4v) is 3.28. The van der Waals surface area contributed by atoms with Gasteiger partial charge in [0, 0.05) is 23.7 Å². The topological polar surface area (TPSA) is 77.2 Å². The first kappa shape index (κ1) is 18.2. The Morgan fingerprint density at radius 1 is 1.23 bits per heavy atom. The van der Waals surface area contributed by atoms with Crippen LogP contribution in [0.4, 0.5) is 0 Å². The number of hydroxylamine groups is 1. The number of carbonyl (C=O) groups excluding carboxylic acids is 1. The van der Waals surface area contributed by atoms with Gasteiger partial charge in [0.1, 0.15) is 0 Å². The summed E-state index contributed by atoms with van der Waals surface area (Å²) in [7, 11) is 0. The molecule has 2 aromatic rings. The SMILES string of the molecule is Cc1[nH]c2c(c1CCNCc1ccc(/C=C/C(=O)NO)cc1)=CCCC=2. The maximum absolute atomic E-state index is 11.0. The molecule has 0 saturated heterocycles. The molecule has 1 heterocycles. The first-order chi connectivity index (χ1) is 12.7. The van der Waals surface area contributed by atoms with E-state index in [9.17, 15) is 4.79 Å². The monoisotopic (exact) mass is 351 g/mol. The number of amides is 1. The zero-order chi connectivity index (χ0) is 18.4. The second kappa shape index (κ2) is 8.65. The van der Waals surface area contributed by atoms with E-state index in [2.05, 4.69) is 29.4 Å². The van der Waals surface area contributed by atoms with Crippen LogP contribution in [0.2, 0.25) is 0 Å². The minimum Gasteiger partial charge on any atom is -0.359 e. The summed E-state index contributed by atoms with van der Waals surface area (Å²) in [6.45, 7) is 3.89. The number of carbonyl (C=O) groups is 1. The van der Waals surface area contributed by atoms with Crippen molar-refractivity contribution in [3.63, 3.8) is 0 Å². The average Bonchev–Trinajstić information content (AvgIpc) is 2.99. The van der Waals surface area contributed by atoms with Crippen molar-refractivity contribution < 1.29 is 10.0 Å². The van der Waals surface area contributed by atoms with E-state index in [1.54, 1.807) is 11.6 Å². The van der Waals surface area contributed by atoms with Crippen molar-refractivity contribution in [3.05, 3.63) is 63.3 Å². The first-order valence-electron chi connectivity index (χ1n) is 8.97. The number of hydrogen-bond acceptors (Lipinski definition) is 3. The molecule has 1 aromatic heterocycles. The van der Waals surface area contributed by atoms with E-state index in [0.717, 1.165) is 37.9 Å². The lowest BCUT2D eigenvalue weighted by molar-refractivity contribution is -0.124. The van der Waals surface area contributed by atoms with Crippen molar-refractivity contribution in [2.75, 3.05) is 6.54 Å². The van der Waals surface area contributed by atoms with Crippen LogP contribution in [0.25, 0.3) is 18.2 Å². The standard InChI is InChI=1S/C21H25N3O2/c1-15-18(19-4-2-3-5-20(19)23-15)12-13-22-14-17-8-6-16(7-9-17)10-11-21(25)24-26/h4-11,22-23,26H,2-3,12-14H2,1H3,(H,24,25)/b11-10+. The zero-order valence-electron chi connectivity index (χ0n) is 15.0. The van der Waals surface area contributed by atoms with Crippen molar-refractivity contribution >= 4 is 24.1 Å². The Labute approximate surface area is 153 Å². The largest absolute Gasteiger partial charge is 0.359 e. The summed E-state index contributed by atoms with van der Waals surface area (Å²) in [6.07, 6.45) is 10.9. The average molecular weight is 351 g/mol. The van der Waals surface area contributed by atoms with E-state index in [-0.39, 0.29) is 0 Å². The van der Waals surface area contributed by atoms with Gasteiger partial charge < -0.3 is 10.3 Å². The van der Waals surface area contributed by atoms with E-state index in [0.29, 0.717) is 0 Å². The summed E-state index contributed by atoms with van der Waals surface area (Å²) in [4.78, 5) is 14.5. The van der Waals surface area contributed by atoms with E-state index in [1.807, 2.05) is 24.3 Å². The number of nitrogens with one attached hydrogen (secondary N) is 3. The molecule has 4 N–H and O–H groups in total. The molecule has 0 saturated carbocycles. The van der Waals surface area contributed by atoms with Gasteiger partial charge in [-0.2, -0.15) is 0 Å². The minimum absolute atomic E-state index is 0.534. The van der Waals surface area contributed by atoms with Gasteiger partial charge in [-0.1, -0.05) is 36.4 Å². The molecule has 0 radical (unpaired) electrons. The molecule has 0 unspecified atom stereocenters. The van der Waals surface area contributed by atoms with Crippen LogP contribution in [0.3, 0.4) is 0 Å². The van der Waals surface area contributed by atoms with Gasteiger partial charge in [0.15, 0.2) is 0 Å². The lowest BCUT2D eigenvalue weighted by Gasteiger charge is -2.06. The molecular weight excluding hydrogens is 326 g/mol. The Morgan fingerprint density at radius 2 is 2.00 bits per heavy atom. The highest BCUT2D eigenvalue weighted by molar-refractivity contribution is 5.90. The third-order valence-corrected chi connectivity index (χ3v) is 4.65. The van der Waals surface area contributed by atoms with Gasteiger partial charge in [-0.05, 0) is 60.7 Å². The highest BCUT2D eigenvalue weighted by atomic mass is 16.5. The van der Waals surface area contributed by atoms with Crippen molar-refractivity contribution in [2.45, 2.75) is 32.7 Å². The number of fused-ring (bicyclic) bond motifs is 1. The Balaban J connectivity index is 1.51. The quantitative estimate of drug-likeness (QED) is 0.264. The molecule has 1 amide bonds. The Kier molecular flexibility index (Phi) is 6.04. The molecular formula is C21H25N3O2. The van der Waals surface area contributed by atoms with Gasteiger partial charge >= 0.3 is 0 Å². The van der Waals surface area contributed by atoms with Crippen LogP contribution < -0.4 is 21.4 Å². The molecule has 1 aliphatic rings. The summed E-state index contributed by atoms with van der Waals surface area (Å²) in [5.41, 5.74) is 6.38. The normalized spacial score (nSPS) is 13.2. The number of aryl methyl sites for hydroxylation is 1. The van der Waals surface area contributed by atoms with Crippen LogP contribution in [-0.4, -0.2) is 22.6 Å². The van der Waals surface area contributed by atoms with Gasteiger partial charge in [-0.3, -0.25) is 10.0 Å². The number of hydrogen-bond donors (Lipinski definition) is 4. The summed E-state index contributed by atoms with van der Waals surface area (Å²) < 4.78 is 0. The Hall–Kier alpha value is -2.63. The maximum Gasteiger partial charge on any atom is 0.267 e. The molecule has 0 spiro atoms. The second-order valence-electron chi connectivity index (χ2n) is 6.52. The molecule has 0 atom stereocenters. The summed E-state index contributed by atoms with van der Waals surface area (Å²) in [5, 5.41) is 14.6. The van der Waals surface area contributed by atoms with Crippen molar-refractivity contribution in [1.29, 1.82) is 0 Å². The molecule has 0 aliphatic heterocycles. The fourth-order valence-electron chi connectivity index (χ4n) is 3.28. The summed E-state index contributed by atoms with van der Waals surface area (Å²) >= 11 is 0. The van der Waals surface area contributed by atoms with Crippen LogP contribution in [0.15, 0.2) is 30.3 Å². The number of rotatable bonds is 7. The summed E-state index contributed by atoms with van der Waals surface area (Å²) in [6, 6.07) is 7.98. The van der Waals surface area contributed by atoms with E-state index in [1.165, 1.54) is 33.5 Å². The number of aromatic amines is 1. The van der Waals surface area contributed by atoms with Crippen molar-refractivity contribution in [1.82, 2.24) is 15.8 Å². The second-order valence-corrected chi connectivity index (χ2v) is 6.52. The molecule has 5 heteroatoms. The lowest BCUT2D eigenvalue weighted by atomic mass is 10.1. The highest BCUT2D eigenvalue weighted by Crippen LogP contribution is 2.07. The van der Waals surface area contributed by atoms with Crippen LogP contribution >= 0.6 is 0 Å². The first-order valence-corrected chi connectivity index (χ1v) is 8.97. The van der Waals surface area contributed by atoms with Crippen LogP contribution in [0.1, 0.15) is 35.2 Å². The minimum atomic E-state index is -0.534. The van der Waals surface area contributed by atoms with Gasteiger partial charge in [0.2, 0.25) is 0 Å². The fraction of sp³-hybridized carbons (Fsp3) is 0.286. The van der Waals surface area contributed by atoms with Gasteiger partial charge in [-0.25, -0.2) is 5.48 Å². The van der Waals surface area contributed by atoms with E-state index >= 15 is 0 Å². The van der Waals surface area contributed by atoms with Crippen LogP contribution in [0.5, 0.6) is 0 Å². The van der Waals surface area contributed by atoms with Gasteiger partial charge in [0.05, 0.1) is 0 Å². The number of aromatic nitrogens is 1. The van der Waals surface area contributed by atoms with Crippen molar-refractivity contribution in [3.8, 4) is 0 Å². The number of benzene rings is 1. The molecule has 26 heavy (non-hydrogen) atoms. The lowest BCUT2D eigenvalue weighted by Crippen LogP contribution is -2.28. The molecule has 1 aromatic carbocycles. The Bertz CT molecular complexity index is 908. The summed E-state index contributed by atoms with van der Waals surface area (Å²) in [5.74, 6) is -0.534. The number of H-pyrrole nitrogens is 1. The van der Waals surface area contributed by atoms with E-state index < -0.39 is 5.91 Å². The third-order valence-electron chi connectivity index (χ3n) is 4.65. The molecule has 136 valence electrons. The van der Waals surface area contributed by atoms with Crippen LogP contribution in [0, 0.1) is 6.92 Å². The molecule has 5 nitrogen and oxygen atoms in total. The molecule has 0 fully saturated rings. The smallest absolute Gasteiger partial charge is 0.267 e. The highest BCUT2D eigenvalue weighted by Gasteiger charge is 2.06. The van der Waals surface area contributed by atoms with Crippen molar-refractivity contribution in [2.24, 2.45) is 0 Å². The third kappa shape index (κ3) is 4.50. The van der Waals surface area contributed by atoms with Gasteiger partial charge in [0.25, 0.3) is 5.91 Å². The maximum atomic E-state index is 11.0. The molecule has 0 bridgehead atoms. The predicted molar refractivity (Wildman–Crippen MR) is 104 cm³/mol. The zero-order valence-corrected chi connectivity index (χ0v) is 15.0. The Morgan fingerprint density at radius 3 is 2.77 bits per heavy atom. The predicted octanol–water partition coefficient (Wildman–Crippen LogP) is 1.53. The molecule has 3 rings (SSSR count). The van der Waals surface area contributed by atoms with E-state index in [4.69, 9.17) is 5.21 Å². The van der Waals surface area contributed by atoms with Gasteiger partial charge in [-0.15, -0.1) is 0 Å².